The first-order valence-corrected chi connectivity index (χ1v) is 8.77. The van der Waals surface area contributed by atoms with Crippen LogP contribution < -0.4 is 0 Å². The van der Waals surface area contributed by atoms with Gasteiger partial charge in [-0.15, -0.1) is 0 Å². The van der Waals surface area contributed by atoms with E-state index in [1.54, 1.807) is 19.9 Å². The van der Waals surface area contributed by atoms with Crippen LogP contribution in [0.15, 0.2) is 52.1 Å². The van der Waals surface area contributed by atoms with E-state index < -0.39 is 34.8 Å². The number of aliphatic hydroxyl groups excluding tert-OH is 1. The Bertz CT molecular complexity index is 811. The van der Waals surface area contributed by atoms with Crippen LogP contribution in [0.4, 0.5) is 0 Å². The van der Waals surface area contributed by atoms with Crippen molar-refractivity contribution in [2.75, 3.05) is 0 Å². The van der Waals surface area contributed by atoms with Crippen molar-refractivity contribution in [3.8, 4) is 0 Å². The van der Waals surface area contributed by atoms with E-state index in [0.29, 0.717) is 21.6 Å². The second-order valence-corrected chi connectivity index (χ2v) is 7.47. The maximum Gasteiger partial charge on any atom is 0.337 e. The van der Waals surface area contributed by atoms with E-state index in [-0.39, 0.29) is 5.92 Å². The highest BCUT2D eigenvalue weighted by molar-refractivity contribution is 7.86. The van der Waals surface area contributed by atoms with Gasteiger partial charge in [0.1, 0.15) is 0 Å². The van der Waals surface area contributed by atoms with Gasteiger partial charge >= 0.3 is 5.97 Å². The van der Waals surface area contributed by atoms with Crippen LogP contribution in [-0.2, 0) is 29.8 Å². The predicted octanol–water partition coefficient (Wildman–Crippen LogP) is 1.69. The van der Waals surface area contributed by atoms with Crippen molar-refractivity contribution in [3.63, 3.8) is 0 Å². The summed E-state index contributed by atoms with van der Waals surface area (Å²) < 4.78 is 28.6. The van der Waals surface area contributed by atoms with Crippen molar-refractivity contribution < 1.29 is 28.3 Å². The fourth-order valence-electron chi connectivity index (χ4n) is 3.15. The maximum atomic E-state index is 12.5. The van der Waals surface area contributed by atoms with E-state index in [9.17, 15) is 14.1 Å². The molecule has 4 rings (SSSR count). The zero-order valence-electron chi connectivity index (χ0n) is 13.1. The number of benzene rings is 1. The number of rotatable bonds is 2. The summed E-state index contributed by atoms with van der Waals surface area (Å²) in [7, 11) is -1.34. The first-order chi connectivity index (χ1) is 11.5. The van der Waals surface area contributed by atoms with Gasteiger partial charge < -0.3 is 19.3 Å². The fraction of sp³-hybridized carbons (Fsp3) is 0.353. The molecular formula is C17H16O6S. The molecule has 3 aliphatic heterocycles. The van der Waals surface area contributed by atoms with Crippen molar-refractivity contribution in [2.24, 2.45) is 0 Å². The second kappa shape index (κ2) is 5.54. The molecule has 1 saturated heterocycles. The smallest absolute Gasteiger partial charge is 0.337 e. The zero-order chi connectivity index (χ0) is 17.0. The fourth-order valence-corrected chi connectivity index (χ4v) is 4.80. The maximum absolute atomic E-state index is 12.5. The van der Waals surface area contributed by atoms with Gasteiger partial charge in [0.2, 0.25) is 0 Å². The molecule has 5 unspecified atom stereocenters. The molecule has 126 valence electrons. The SMILES string of the molecule is CC1=C(C)C(O/C=C2/C(O)OC3C2c2ccccc2S3=O)OC1=O. The van der Waals surface area contributed by atoms with Gasteiger partial charge in [0.05, 0.1) is 23.0 Å². The van der Waals surface area contributed by atoms with Gasteiger partial charge in [-0.05, 0) is 25.5 Å². The molecule has 0 aromatic heterocycles. The van der Waals surface area contributed by atoms with Crippen LogP contribution in [0.25, 0.3) is 0 Å². The standard InChI is InChI=1S/C17H16O6S/c1-8-9(2)16(22-14(8)18)21-7-11-13-10-5-3-4-6-12(10)24(20)17(13)23-15(11)19/h3-7,13,15-17,19H,1-2H3/b11-7+. The summed E-state index contributed by atoms with van der Waals surface area (Å²) in [6.07, 6.45) is -0.632. The second-order valence-electron chi connectivity index (χ2n) is 5.97. The third-order valence-electron chi connectivity index (χ3n) is 4.65. The van der Waals surface area contributed by atoms with Crippen LogP contribution in [0.5, 0.6) is 0 Å². The van der Waals surface area contributed by atoms with Crippen molar-refractivity contribution in [1.82, 2.24) is 0 Å². The molecule has 1 N–H and O–H groups in total. The first kappa shape index (κ1) is 15.6. The Kier molecular flexibility index (Phi) is 3.59. The van der Waals surface area contributed by atoms with Crippen molar-refractivity contribution in [3.05, 3.63) is 52.8 Å². The van der Waals surface area contributed by atoms with Crippen LogP contribution >= 0.6 is 0 Å². The summed E-state index contributed by atoms with van der Waals surface area (Å²) in [5, 5.41) is 10.2. The number of cyclic esters (lactones) is 1. The zero-order valence-corrected chi connectivity index (χ0v) is 13.9. The minimum absolute atomic E-state index is 0.334. The number of hydrogen-bond acceptors (Lipinski definition) is 6. The van der Waals surface area contributed by atoms with Gasteiger partial charge in [-0.1, -0.05) is 18.2 Å². The third kappa shape index (κ3) is 2.16. The molecule has 0 radical (unpaired) electrons. The van der Waals surface area contributed by atoms with Gasteiger partial charge in [0.25, 0.3) is 6.29 Å². The number of esters is 1. The molecular weight excluding hydrogens is 332 g/mol. The average Bonchev–Trinajstić information content (AvgIpc) is 3.13. The molecule has 1 aromatic rings. The summed E-state index contributed by atoms with van der Waals surface area (Å²) in [6.45, 7) is 3.43. The number of carbonyl (C=O) groups is 1. The number of hydrogen-bond donors (Lipinski definition) is 1. The lowest BCUT2D eigenvalue weighted by Gasteiger charge is -2.14. The van der Waals surface area contributed by atoms with Crippen molar-refractivity contribution in [2.45, 2.75) is 42.7 Å². The van der Waals surface area contributed by atoms with Gasteiger partial charge in [-0.2, -0.15) is 0 Å². The highest BCUT2D eigenvalue weighted by Gasteiger charge is 2.50. The number of aliphatic hydroxyl groups is 1. The first-order valence-electron chi connectivity index (χ1n) is 7.56. The number of fused-ring (bicyclic) bond motifs is 3. The number of carbonyl (C=O) groups excluding carboxylic acids is 1. The van der Waals surface area contributed by atoms with E-state index in [0.717, 1.165) is 5.56 Å². The Morgan fingerprint density at radius 1 is 1.29 bits per heavy atom. The van der Waals surface area contributed by atoms with Gasteiger partial charge in [-0.25, -0.2) is 4.79 Å². The lowest BCUT2D eigenvalue weighted by Crippen LogP contribution is -2.15. The highest BCUT2D eigenvalue weighted by atomic mass is 32.2. The molecule has 7 heteroatoms. The Morgan fingerprint density at radius 2 is 2.04 bits per heavy atom. The van der Waals surface area contributed by atoms with Crippen LogP contribution in [0.1, 0.15) is 25.3 Å². The Hall–Kier alpha value is -1.96. The van der Waals surface area contributed by atoms with Crippen LogP contribution in [0.2, 0.25) is 0 Å². The molecule has 6 nitrogen and oxygen atoms in total. The third-order valence-corrected chi connectivity index (χ3v) is 6.26. The van der Waals surface area contributed by atoms with Crippen molar-refractivity contribution in [1.29, 1.82) is 0 Å². The summed E-state index contributed by atoms with van der Waals surface area (Å²) in [5.41, 5.74) is 1.92. The molecule has 24 heavy (non-hydrogen) atoms. The van der Waals surface area contributed by atoms with E-state index in [2.05, 4.69) is 0 Å². The molecule has 1 aromatic carbocycles. The summed E-state index contributed by atoms with van der Waals surface area (Å²) in [5.74, 6) is -0.746. The molecule has 0 saturated carbocycles. The van der Waals surface area contributed by atoms with Crippen molar-refractivity contribution >= 4 is 16.8 Å². The molecule has 5 atom stereocenters. The summed E-state index contributed by atoms with van der Waals surface area (Å²) in [4.78, 5) is 12.3. The van der Waals surface area contributed by atoms with Gasteiger partial charge in [-0.3, -0.25) is 4.21 Å². The van der Waals surface area contributed by atoms with E-state index in [4.69, 9.17) is 14.2 Å². The normalized spacial score (nSPS) is 36.0. The Labute approximate surface area is 141 Å². The topological polar surface area (TPSA) is 82.1 Å². The largest absolute Gasteiger partial charge is 0.458 e. The summed E-state index contributed by atoms with van der Waals surface area (Å²) >= 11 is 0. The minimum Gasteiger partial charge on any atom is -0.458 e. The van der Waals surface area contributed by atoms with Crippen LogP contribution in [-0.4, -0.2) is 33.3 Å². The van der Waals surface area contributed by atoms with E-state index in [1.165, 1.54) is 6.26 Å². The monoisotopic (exact) mass is 348 g/mol. The molecule has 0 spiro atoms. The van der Waals surface area contributed by atoms with Crippen LogP contribution in [0.3, 0.4) is 0 Å². The highest BCUT2D eigenvalue weighted by Crippen LogP contribution is 2.49. The molecule has 0 bridgehead atoms. The average molecular weight is 348 g/mol. The molecule has 3 aliphatic rings. The lowest BCUT2D eigenvalue weighted by molar-refractivity contribution is -0.153. The Morgan fingerprint density at radius 3 is 2.75 bits per heavy atom. The molecule has 1 fully saturated rings. The predicted molar refractivity (Wildman–Crippen MR) is 83.9 cm³/mol. The molecule has 3 heterocycles. The molecule has 0 aliphatic carbocycles. The quantitative estimate of drug-likeness (QED) is 0.647. The lowest BCUT2D eigenvalue weighted by atomic mass is 9.94. The Balaban J connectivity index is 1.64. The van der Waals surface area contributed by atoms with Crippen LogP contribution in [0, 0.1) is 0 Å². The van der Waals surface area contributed by atoms with Gasteiger partial charge in [0.15, 0.2) is 11.7 Å². The van der Waals surface area contributed by atoms with E-state index >= 15 is 0 Å². The van der Waals surface area contributed by atoms with E-state index in [1.807, 2.05) is 18.2 Å². The number of ether oxygens (including phenoxy) is 3. The minimum atomic E-state index is -1.34. The van der Waals surface area contributed by atoms with Gasteiger partial charge in [0, 0.05) is 21.6 Å². The summed E-state index contributed by atoms with van der Waals surface area (Å²) in [6, 6.07) is 7.35. The molecule has 0 amide bonds.